The van der Waals surface area contributed by atoms with E-state index in [-0.39, 0.29) is 12.2 Å². The van der Waals surface area contributed by atoms with Crippen molar-refractivity contribution in [3.63, 3.8) is 0 Å². The molecule has 1 heterocycles. The predicted octanol–water partition coefficient (Wildman–Crippen LogP) is 2.00. The zero-order valence-corrected chi connectivity index (χ0v) is 11.3. The zero-order valence-electron chi connectivity index (χ0n) is 11.3. The Morgan fingerprint density at radius 1 is 1.44 bits per heavy atom. The summed E-state index contributed by atoms with van der Waals surface area (Å²) in [6.45, 7) is 4.44. The molecule has 0 fully saturated rings. The van der Waals surface area contributed by atoms with E-state index >= 15 is 0 Å². The van der Waals surface area contributed by atoms with Crippen molar-refractivity contribution in [3.8, 4) is 0 Å². The highest BCUT2D eigenvalue weighted by molar-refractivity contribution is 5.31. The van der Waals surface area contributed by atoms with Crippen LogP contribution in [0.5, 0.6) is 0 Å². The molecule has 2 atom stereocenters. The predicted molar refractivity (Wildman–Crippen MR) is 72.6 cm³/mol. The number of fused-ring (bicyclic) bond motifs is 1. The van der Waals surface area contributed by atoms with E-state index in [0.29, 0.717) is 0 Å². The van der Waals surface area contributed by atoms with E-state index in [1.54, 1.807) is 0 Å². The smallest absolute Gasteiger partial charge is 0.0954 e. The first kappa shape index (κ1) is 13.5. The van der Waals surface area contributed by atoms with Gasteiger partial charge in [-0.15, -0.1) is 0 Å². The summed E-state index contributed by atoms with van der Waals surface area (Å²) in [5.41, 5.74) is 2.74. The van der Waals surface area contributed by atoms with Crippen molar-refractivity contribution in [1.29, 1.82) is 0 Å². The number of ether oxygens (including phenoxy) is 1. The van der Waals surface area contributed by atoms with Gasteiger partial charge in [0.1, 0.15) is 0 Å². The van der Waals surface area contributed by atoms with Crippen LogP contribution < -0.4 is 0 Å². The third-order valence-electron chi connectivity index (χ3n) is 3.50. The standard InChI is InChI=1S/C15H23NO2/c1-12(17)7-9-16(2)11-15-14-6-4-3-5-13(14)8-10-18-15/h3-6,12,15,17H,7-11H2,1-2H3. The third-order valence-corrected chi connectivity index (χ3v) is 3.50. The summed E-state index contributed by atoms with van der Waals surface area (Å²) < 4.78 is 5.88. The SMILES string of the molecule is CC(O)CCN(C)CC1OCCc2ccccc21. The van der Waals surface area contributed by atoms with E-state index in [4.69, 9.17) is 4.74 Å². The number of hydrogen-bond acceptors (Lipinski definition) is 3. The molecule has 1 aliphatic heterocycles. The molecule has 0 saturated carbocycles. The van der Waals surface area contributed by atoms with Gasteiger partial charge in [0.15, 0.2) is 0 Å². The van der Waals surface area contributed by atoms with E-state index in [0.717, 1.165) is 32.5 Å². The second-order valence-electron chi connectivity index (χ2n) is 5.21. The van der Waals surface area contributed by atoms with Crippen LogP contribution in [0.4, 0.5) is 0 Å². The molecule has 3 nitrogen and oxygen atoms in total. The Morgan fingerprint density at radius 3 is 3.00 bits per heavy atom. The van der Waals surface area contributed by atoms with Crippen LogP contribution in [0.1, 0.15) is 30.6 Å². The zero-order chi connectivity index (χ0) is 13.0. The van der Waals surface area contributed by atoms with Crippen LogP contribution >= 0.6 is 0 Å². The molecule has 1 aliphatic rings. The number of aliphatic hydroxyl groups excluding tert-OH is 1. The van der Waals surface area contributed by atoms with Crippen LogP contribution in [0.25, 0.3) is 0 Å². The molecule has 100 valence electrons. The van der Waals surface area contributed by atoms with Gasteiger partial charge in [0, 0.05) is 13.1 Å². The van der Waals surface area contributed by atoms with Gasteiger partial charge in [0.25, 0.3) is 0 Å². The number of nitrogens with zero attached hydrogens (tertiary/aromatic N) is 1. The summed E-state index contributed by atoms with van der Waals surface area (Å²) in [6, 6.07) is 8.54. The minimum absolute atomic E-state index is 0.175. The van der Waals surface area contributed by atoms with Crippen molar-refractivity contribution in [3.05, 3.63) is 35.4 Å². The Labute approximate surface area is 109 Å². The number of aliphatic hydroxyl groups is 1. The minimum atomic E-state index is -0.230. The average molecular weight is 249 g/mol. The van der Waals surface area contributed by atoms with Gasteiger partial charge in [-0.1, -0.05) is 24.3 Å². The molecule has 0 amide bonds. The lowest BCUT2D eigenvalue weighted by Crippen LogP contribution is -2.31. The molecule has 2 rings (SSSR count). The van der Waals surface area contributed by atoms with Gasteiger partial charge in [0.2, 0.25) is 0 Å². The largest absolute Gasteiger partial charge is 0.393 e. The first-order valence-corrected chi connectivity index (χ1v) is 6.73. The average Bonchev–Trinajstić information content (AvgIpc) is 2.37. The van der Waals surface area contributed by atoms with E-state index in [1.165, 1.54) is 11.1 Å². The van der Waals surface area contributed by atoms with Crippen molar-refractivity contribution in [2.45, 2.75) is 32.0 Å². The van der Waals surface area contributed by atoms with Crippen molar-refractivity contribution in [1.82, 2.24) is 4.90 Å². The van der Waals surface area contributed by atoms with Crippen LogP contribution in [0, 0.1) is 0 Å². The maximum Gasteiger partial charge on any atom is 0.0954 e. The van der Waals surface area contributed by atoms with Crippen LogP contribution in [-0.4, -0.2) is 42.9 Å². The molecular formula is C15H23NO2. The highest BCUT2D eigenvalue weighted by Crippen LogP contribution is 2.27. The fourth-order valence-electron chi connectivity index (χ4n) is 2.41. The van der Waals surface area contributed by atoms with Crippen molar-refractivity contribution in [2.75, 3.05) is 26.7 Å². The first-order valence-electron chi connectivity index (χ1n) is 6.73. The summed E-state index contributed by atoms with van der Waals surface area (Å²) in [4.78, 5) is 2.24. The Morgan fingerprint density at radius 2 is 2.22 bits per heavy atom. The molecule has 0 spiro atoms. The molecule has 0 saturated heterocycles. The first-order chi connectivity index (χ1) is 8.66. The molecule has 3 heteroatoms. The van der Waals surface area contributed by atoms with Gasteiger partial charge in [-0.3, -0.25) is 0 Å². The molecule has 1 aromatic carbocycles. The van der Waals surface area contributed by atoms with Crippen molar-refractivity contribution >= 4 is 0 Å². The lowest BCUT2D eigenvalue weighted by molar-refractivity contribution is 0.0188. The van der Waals surface area contributed by atoms with Crippen LogP contribution in [0.3, 0.4) is 0 Å². The van der Waals surface area contributed by atoms with Gasteiger partial charge in [-0.25, -0.2) is 0 Å². The van der Waals surface area contributed by atoms with Gasteiger partial charge in [0.05, 0.1) is 18.8 Å². The maximum absolute atomic E-state index is 9.31. The summed E-state index contributed by atoms with van der Waals surface area (Å²) in [5.74, 6) is 0. The molecular weight excluding hydrogens is 226 g/mol. The molecule has 0 radical (unpaired) electrons. The summed E-state index contributed by atoms with van der Waals surface area (Å²) in [7, 11) is 2.09. The monoisotopic (exact) mass is 249 g/mol. The second-order valence-corrected chi connectivity index (χ2v) is 5.21. The highest BCUT2D eigenvalue weighted by Gasteiger charge is 2.21. The normalized spacial score (nSPS) is 20.8. The minimum Gasteiger partial charge on any atom is -0.393 e. The van der Waals surface area contributed by atoms with Gasteiger partial charge >= 0.3 is 0 Å². The van der Waals surface area contributed by atoms with Gasteiger partial charge in [-0.05, 0) is 37.9 Å². The fraction of sp³-hybridized carbons (Fsp3) is 0.600. The number of rotatable bonds is 5. The maximum atomic E-state index is 9.31. The molecule has 1 aromatic rings. The fourth-order valence-corrected chi connectivity index (χ4v) is 2.41. The highest BCUT2D eigenvalue weighted by atomic mass is 16.5. The lowest BCUT2D eigenvalue weighted by Gasteiger charge is -2.29. The quantitative estimate of drug-likeness (QED) is 0.866. The Balaban J connectivity index is 1.94. The molecule has 0 aromatic heterocycles. The Bertz CT molecular complexity index is 379. The summed E-state index contributed by atoms with van der Waals surface area (Å²) in [6.07, 6.45) is 1.77. The van der Waals surface area contributed by atoms with E-state index < -0.39 is 0 Å². The van der Waals surface area contributed by atoms with Gasteiger partial charge < -0.3 is 14.7 Å². The molecule has 18 heavy (non-hydrogen) atoms. The molecule has 0 aliphatic carbocycles. The van der Waals surface area contributed by atoms with E-state index in [2.05, 4.69) is 36.2 Å². The topological polar surface area (TPSA) is 32.7 Å². The second kappa shape index (κ2) is 6.32. The van der Waals surface area contributed by atoms with Crippen LogP contribution in [0.15, 0.2) is 24.3 Å². The van der Waals surface area contributed by atoms with Crippen molar-refractivity contribution < 1.29 is 9.84 Å². The molecule has 1 N–H and O–H groups in total. The van der Waals surface area contributed by atoms with Crippen molar-refractivity contribution in [2.24, 2.45) is 0 Å². The number of likely N-dealkylation sites (N-methyl/N-ethyl adjacent to an activating group) is 1. The van der Waals surface area contributed by atoms with Crippen LogP contribution in [0.2, 0.25) is 0 Å². The number of benzene rings is 1. The molecule has 0 bridgehead atoms. The lowest BCUT2D eigenvalue weighted by atomic mass is 9.97. The Hall–Kier alpha value is -0.900. The van der Waals surface area contributed by atoms with Crippen LogP contribution in [-0.2, 0) is 11.2 Å². The number of hydrogen-bond donors (Lipinski definition) is 1. The summed E-state index contributed by atoms with van der Waals surface area (Å²) >= 11 is 0. The van der Waals surface area contributed by atoms with Gasteiger partial charge in [-0.2, -0.15) is 0 Å². The van der Waals surface area contributed by atoms with E-state index in [1.807, 2.05) is 6.92 Å². The summed E-state index contributed by atoms with van der Waals surface area (Å²) in [5, 5.41) is 9.31. The Kier molecular flexibility index (Phi) is 4.75. The molecule has 2 unspecified atom stereocenters. The third kappa shape index (κ3) is 3.55. The van der Waals surface area contributed by atoms with E-state index in [9.17, 15) is 5.11 Å².